The molecule has 3 aromatic rings. The largest absolute Gasteiger partial charge is 0.330 e. The van der Waals surface area contributed by atoms with Gasteiger partial charge in [0.2, 0.25) is 0 Å². The highest BCUT2D eigenvalue weighted by Gasteiger charge is 2.15. The molecule has 0 amide bonds. The predicted molar refractivity (Wildman–Crippen MR) is 83.2 cm³/mol. The van der Waals surface area contributed by atoms with Gasteiger partial charge < -0.3 is 4.98 Å². The lowest BCUT2D eigenvalue weighted by Gasteiger charge is -2.08. The van der Waals surface area contributed by atoms with Gasteiger partial charge in [0.1, 0.15) is 17.4 Å². The van der Waals surface area contributed by atoms with E-state index in [9.17, 15) is 4.39 Å². The number of hydrogen-bond donors (Lipinski definition) is 1. The summed E-state index contributed by atoms with van der Waals surface area (Å²) in [6.45, 7) is 0. The summed E-state index contributed by atoms with van der Waals surface area (Å²) in [5.74, 6) is -0.605. The number of nitrogens with zero attached hydrogens (tertiary/aromatic N) is 2. The molecule has 21 heavy (non-hydrogen) atoms. The first kappa shape index (κ1) is 14.1. The Labute approximate surface area is 134 Å². The lowest BCUT2D eigenvalue weighted by atomic mass is 10.1. The molecule has 3 nitrogen and oxygen atoms in total. The average Bonchev–Trinajstić information content (AvgIpc) is 2.74. The van der Waals surface area contributed by atoms with Crippen molar-refractivity contribution in [2.75, 3.05) is 0 Å². The van der Waals surface area contributed by atoms with Crippen LogP contribution in [0.2, 0.25) is 10.0 Å². The van der Waals surface area contributed by atoms with Crippen molar-refractivity contribution < 1.29 is 4.39 Å². The van der Waals surface area contributed by atoms with Gasteiger partial charge in [0, 0.05) is 0 Å². The number of aromatic nitrogens is 2. The topological polar surface area (TPSA) is 44.5 Å². The molecule has 0 bridgehead atoms. The van der Waals surface area contributed by atoms with Crippen LogP contribution in [0, 0.1) is 21.9 Å². The minimum absolute atomic E-state index is 0.0828. The van der Waals surface area contributed by atoms with Crippen LogP contribution in [-0.4, -0.2) is 9.55 Å². The SMILES string of the molecule is N#Cc1c(F)cccc1-n1c(=S)[nH]c2cc(Cl)c(Cl)cc21. The first-order valence-electron chi connectivity index (χ1n) is 5.81. The maximum atomic E-state index is 13.8. The highest BCUT2D eigenvalue weighted by molar-refractivity contribution is 7.71. The number of hydrogen-bond acceptors (Lipinski definition) is 2. The fourth-order valence-electron chi connectivity index (χ4n) is 2.15. The zero-order chi connectivity index (χ0) is 15.1. The summed E-state index contributed by atoms with van der Waals surface area (Å²) in [5.41, 5.74) is 1.55. The molecule has 0 aliphatic heterocycles. The van der Waals surface area contributed by atoms with Gasteiger partial charge in [0.05, 0.1) is 26.8 Å². The third kappa shape index (κ3) is 2.22. The summed E-state index contributed by atoms with van der Waals surface area (Å²) in [4.78, 5) is 2.97. The Morgan fingerprint density at radius 1 is 1.24 bits per heavy atom. The van der Waals surface area contributed by atoms with Gasteiger partial charge in [0.15, 0.2) is 4.77 Å². The number of nitrogens with one attached hydrogen (secondary N) is 1. The summed E-state index contributed by atoms with van der Waals surface area (Å²) in [6.07, 6.45) is 0. The van der Waals surface area contributed by atoms with Crippen molar-refractivity contribution in [1.29, 1.82) is 5.26 Å². The van der Waals surface area contributed by atoms with Gasteiger partial charge in [0.25, 0.3) is 0 Å². The average molecular weight is 338 g/mol. The highest BCUT2D eigenvalue weighted by atomic mass is 35.5. The molecule has 7 heteroatoms. The third-order valence-corrected chi connectivity index (χ3v) is 4.08. The Hall–Kier alpha value is -1.87. The van der Waals surface area contributed by atoms with Gasteiger partial charge in [-0.15, -0.1) is 0 Å². The van der Waals surface area contributed by atoms with Crippen molar-refractivity contribution in [1.82, 2.24) is 9.55 Å². The van der Waals surface area contributed by atoms with Crippen molar-refractivity contribution in [2.45, 2.75) is 0 Å². The quantitative estimate of drug-likeness (QED) is 0.634. The minimum atomic E-state index is -0.605. The molecule has 0 unspecified atom stereocenters. The van der Waals surface area contributed by atoms with E-state index in [1.807, 2.05) is 6.07 Å². The Bertz CT molecular complexity index is 969. The maximum Gasteiger partial charge on any atom is 0.182 e. The highest BCUT2D eigenvalue weighted by Crippen LogP contribution is 2.30. The Morgan fingerprint density at radius 2 is 1.95 bits per heavy atom. The number of halogens is 3. The monoisotopic (exact) mass is 337 g/mol. The molecular formula is C14H6Cl2FN3S. The Balaban J connectivity index is 2.44. The van der Waals surface area contributed by atoms with Gasteiger partial charge >= 0.3 is 0 Å². The van der Waals surface area contributed by atoms with Crippen LogP contribution in [0.5, 0.6) is 0 Å². The van der Waals surface area contributed by atoms with Gasteiger partial charge in [-0.2, -0.15) is 5.26 Å². The number of rotatable bonds is 1. The normalized spacial score (nSPS) is 10.8. The molecule has 0 saturated carbocycles. The lowest BCUT2D eigenvalue weighted by Crippen LogP contribution is -1.99. The zero-order valence-corrected chi connectivity index (χ0v) is 12.7. The van der Waals surface area contributed by atoms with Crippen LogP contribution in [-0.2, 0) is 0 Å². The molecule has 1 heterocycles. The van der Waals surface area contributed by atoms with Crippen molar-refractivity contribution in [3.05, 3.63) is 56.5 Å². The van der Waals surface area contributed by atoms with E-state index in [-0.39, 0.29) is 5.56 Å². The molecule has 0 fully saturated rings. The number of nitriles is 1. The number of imidazole rings is 1. The van der Waals surface area contributed by atoms with E-state index in [4.69, 9.17) is 40.7 Å². The minimum Gasteiger partial charge on any atom is -0.330 e. The second-order valence-electron chi connectivity index (χ2n) is 4.29. The van der Waals surface area contributed by atoms with Gasteiger partial charge in [-0.05, 0) is 36.5 Å². The summed E-state index contributed by atoms with van der Waals surface area (Å²) in [6, 6.07) is 9.48. The van der Waals surface area contributed by atoms with E-state index in [0.29, 0.717) is 31.5 Å². The first-order chi connectivity index (χ1) is 10.0. The van der Waals surface area contributed by atoms with Gasteiger partial charge in [-0.3, -0.25) is 4.57 Å². The standard InChI is InChI=1S/C14H6Cl2FN3S/c15-8-4-11-13(5-9(8)16)20(14(21)19-11)12-3-1-2-10(17)7(12)6-18/h1-5H,(H,19,21). The molecule has 0 atom stereocenters. The van der Waals surface area contributed by atoms with Crippen LogP contribution in [0.15, 0.2) is 30.3 Å². The lowest BCUT2D eigenvalue weighted by molar-refractivity contribution is 0.622. The van der Waals surface area contributed by atoms with Crippen LogP contribution < -0.4 is 0 Å². The zero-order valence-electron chi connectivity index (χ0n) is 10.3. The van der Waals surface area contributed by atoms with Crippen molar-refractivity contribution in [3.63, 3.8) is 0 Å². The molecule has 104 valence electrons. The third-order valence-electron chi connectivity index (χ3n) is 3.07. The summed E-state index contributed by atoms with van der Waals surface area (Å²) >= 11 is 17.3. The molecule has 0 spiro atoms. The molecular weight excluding hydrogens is 332 g/mol. The van der Waals surface area contributed by atoms with E-state index in [0.717, 1.165) is 0 Å². The number of fused-ring (bicyclic) bond motifs is 1. The van der Waals surface area contributed by atoms with E-state index in [1.54, 1.807) is 22.8 Å². The van der Waals surface area contributed by atoms with Crippen LogP contribution >= 0.6 is 35.4 Å². The molecule has 0 aliphatic carbocycles. The number of aromatic amines is 1. The fourth-order valence-corrected chi connectivity index (χ4v) is 2.78. The molecule has 0 aliphatic rings. The fraction of sp³-hybridized carbons (Fsp3) is 0. The first-order valence-corrected chi connectivity index (χ1v) is 6.98. The van der Waals surface area contributed by atoms with E-state index in [2.05, 4.69) is 4.98 Å². The van der Waals surface area contributed by atoms with Crippen molar-refractivity contribution in [3.8, 4) is 11.8 Å². The summed E-state index contributed by atoms with van der Waals surface area (Å²) in [5, 5.41) is 9.90. The molecule has 2 aromatic carbocycles. The van der Waals surface area contributed by atoms with Gasteiger partial charge in [-0.1, -0.05) is 29.3 Å². The van der Waals surface area contributed by atoms with E-state index >= 15 is 0 Å². The second-order valence-corrected chi connectivity index (χ2v) is 5.50. The predicted octanol–water partition coefficient (Wildman–Crippen LogP) is 5.01. The molecule has 3 rings (SSSR count). The molecule has 1 aromatic heterocycles. The van der Waals surface area contributed by atoms with Crippen molar-refractivity contribution >= 4 is 46.5 Å². The smallest absolute Gasteiger partial charge is 0.182 e. The molecule has 1 N–H and O–H groups in total. The van der Waals surface area contributed by atoms with Crippen LogP contribution in [0.25, 0.3) is 16.7 Å². The van der Waals surface area contributed by atoms with Gasteiger partial charge in [-0.25, -0.2) is 4.39 Å². The van der Waals surface area contributed by atoms with Crippen LogP contribution in [0.4, 0.5) is 4.39 Å². The Kier molecular flexibility index (Phi) is 3.46. The number of H-pyrrole nitrogens is 1. The summed E-state index contributed by atoms with van der Waals surface area (Å²) < 4.78 is 15.7. The Morgan fingerprint density at radius 3 is 2.67 bits per heavy atom. The summed E-state index contributed by atoms with van der Waals surface area (Å²) in [7, 11) is 0. The molecule has 0 saturated heterocycles. The molecule has 0 radical (unpaired) electrons. The second kappa shape index (κ2) is 5.15. The van der Waals surface area contributed by atoms with Crippen molar-refractivity contribution in [2.24, 2.45) is 0 Å². The maximum absolute atomic E-state index is 13.8. The van der Waals surface area contributed by atoms with E-state index < -0.39 is 5.82 Å². The van der Waals surface area contributed by atoms with Crippen LogP contribution in [0.1, 0.15) is 5.56 Å². The van der Waals surface area contributed by atoms with Crippen LogP contribution in [0.3, 0.4) is 0 Å². The number of benzene rings is 2. The van der Waals surface area contributed by atoms with E-state index in [1.165, 1.54) is 12.1 Å².